The molecule has 0 spiro atoms. The van der Waals surface area contributed by atoms with Crippen molar-refractivity contribution in [2.75, 3.05) is 39.5 Å². The first kappa shape index (κ1) is 11.7. The highest BCUT2D eigenvalue weighted by Gasteiger charge is 2.33. The van der Waals surface area contributed by atoms with Crippen LogP contribution in [0.5, 0.6) is 0 Å². The number of hydrogen-bond donors (Lipinski definition) is 1. The van der Waals surface area contributed by atoms with Gasteiger partial charge in [0.25, 0.3) is 0 Å². The van der Waals surface area contributed by atoms with Crippen molar-refractivity contribution in [3.8, 4) is 0 Å². The van der Waals surface area contributed by atoms with Crippen molar-refractivity contribution in [2.24, 2.45) is 0 Å². The van der Waals surface area contributed by atoms with Crippen molar-refractivity contribution in [3.63, 3.8) is 0 Å². The lowest BCUT2D eigenvalue weighted by Crippen LogP contribution is -2.47. The minimum absolute atomic E-state index is 0.503. The molecule has 0 aromatic carbocycles. The van der Waals surface area contributed by atoms with Gasteiger partial charge in [-0.05, 0) is 19.1 Å². The first-order chi connectivity index (χ1) is 7.35. The number of thioether (sulfide) groups is 1. The smallest absolute Gasteiger partial charge is 0.0595 e. The van der Waals surface area contributed by atoms with Gasteiger partial charge in [0.2, 0.25) is 0 Å². The lowest BCUT2D eigenvalue weighted by Gasteiger charge is -2.37. The molecule has 4 heteroatoms. The summed E-state index contributed by atoms with van der Waals surface area (Å²) >= 11 is 2.01. The molecule has 2 aliphatic rings. The largest absolute Gasteiger partial charge is 0.381 e. The summed E-state index contributed by atoms with van der Waals surface area (Å²) in [6.07, 6.45) is 5.14. The van der Waals surface area contributed by atoms with E-state index in [0.717, 1.165) is 11.3 Å². The van der Waals surface area contributed by atoms with Crippen LogP contribution >= 0.6 is 11.8 Å². The highest BCUT2D eigenvalue weighted by molar-refractivity contribution is 7.99. The van der Waals surface area contributed by atoms with Crippen molar-refractivity contribution in [3.05, 3.63) is 0 Å². The Morgan fingerprint density at radius 2 is 2.00 bits per heavy atom. The molecular weight excluding hydrogens is 208 g/mol. The standard InChI is InChI=1S/C11H22N2OS/c1-14-9-3-5-13(6-4-9)10-7-12-8-11(10)15-2/h9-12H,3-8H2,1-2H3. The molecule has 2 saturated heterocycles. The van der Waals surface area contributed by atoms with Crippen molar-refractivity contribution >= 4 is 11.8 Å². The highest BCUT2D eigenvalue weighted by atomic mass is 32.2. The Hall–Kier alpha value is 0.230. The van der Waals surface area contributed by atoms with Gasteiger partial charge in [0, 0.05) is 44.6 Å². The maximum Gasteiger partial charge on any atom is 0.0595 e. The van der Waals surface area contributed by atoms with Gasteiger partial charge in [0.05, 0.1) is 6.10 Å². The Balaban J connectivity index is 1.84. The van der Waals surface area contributed by atoms with E-state index >= 15 is 0 Å². The third-order valence-electron chi connectivity index (χ3n) is 3.71. The van der Waals surface area contributed by atoms with Gasteiger partial charge in [0.15, 0.2) is 0 Å². The molecule has 0 aliphatic carbocycles. The maximum atomic E-state index is 5.41. The van der Waals surface area contributed by atoms with E-state index < -0.39 is 0 Å². The number of methoxy groups -OCH3 is 1. The van der Waals surface area contributed by atoms with Crippen LogP contribution in [0.1, 0.15) is 12.8 Å². The summed E-state index contributed by atoms with van der Waals surface area (Å²) in [6, 6.07) is 0.748. The lowest BCUT2D eigenvalue weighted by molar-refractivity contribution is 0.0306. The summed E-state index contributed by atoms with van der Waals surface area (Å²) in [5.74, 6) is 0. The molecule has 0 bridgehead atoms. The molecule has 2 rings (SSSR count). The summed E-state index contributed by atoms with van der Waals surface area (Å²) in [5, 5.41) is 4.28. The maximum absolute atomic E-state index is 5.41. The number of piperidine rings is 1. The van der Waals surface area contributed by atoms with E-state index in [4.69, 9.17) is 4.74 Å². The van der Waals surface area contributed by atoms with Gasteiger partial charge < -0.3 is 10.1 Å². The topological polar surface area (TPSA) is 24.5 Å². The summed E-state index contributed by atoms with van der Waals surface area (Å²) in [7, 11) is 1.84. The Morgan fingerprint density at radius 3 is 2.60 bits per heavy atom. The highest BCUT2D eigenvalue weighted by Crippen LogP contribution is 2.23. The van der Waals surface area contributed by atoms with Gasteiger partial charge in [-0.1, -0.05) is 0 Å². The third kappa shape index (κ3) is 2.67. The van der Waals surface area contributed by atoms with Crippen LogP contribution in [0.15, 0.2) is 0 Å². The van der Waals surface area contributed by atoms with Crippen LogP contribution in [0.4, 0.5) is 0 Å². The molecule has 88 valence electrons. The molecule has 1 N–H and O–H groups in total. The zero-order chi connectivity index (χ0) is 10.7. The second-order valence-corrected chi connectivity index (χ2v) is 5.55. The van der Waals surface area contributed by atoms with Crippen LogP contribution in [0.25, 0.3) is 0 Å². The Bertz CT molecular complexity index is 195. The molecule has 0 saturated carbocycles. The van der Waals surface area contributed by atoms with E-state index in [-0.39, 0.29) is 0 Å². The van der Waals surface area contributed by atoms with Crippen LogP contribution in [0, 0.1) is 0 Å². The molecule has 0 radical (unpaired) electrons. The quantitative estimate of drug-likeness (QED) is 0.775. The van der Waals surface area contributed by atoms with E-state index in [0.29, 0.717) is 6.10 Å². The van der Waals surface area contributed by atoms with E-state index in [1.54, 1.807) is 0 Å². The second kappa shape index (κ2) is 5.53. The monoisotopic (exact) mass is 230 g/mol. The van der Waals surface area contributed by atoms with Crippen molar-refractivity contribution < 1.29 is 4.74 Å². The van der Waals surface area contributed by atoms with Gasteiger partial charge in [-0.2, -0.15) is 11.8 Å². The Morgan fingerprint density at radius 1 is 1.27 bits per heavy atom. The fourth-order valence-corrected chi connectivity index (χ4v) is 3.56. The summed E-state index contributed by atoms with van der Waals surface area (Å²) in [4.78, 5) is 2.65. The lowest BCUT2D eigenvalue weighted by atomic mass is 10.0. The SMILES string of the molecule is COC1CCN(C2CNCC2SC)CC1. The zero-order valence-corrected chi connectivity index (χ0v) is 10.6. The molecule has 0 aromatic rings. The molecule has 2 heterocycles. The van der Waals surface area contributed by atoms with Crippen molar-refractivity contribution in [1.29, 1.82) is 0 Å². The molecule has 3 nitrogen and oxygen atoms in total. The van der Waals surface area contributed by atoms with E-state index in [1.165, 1.54) is 39.0 Å². The average Bonchev–Trinajstić information content (AvgIpc) is 2.77. The van der Waals surface area contributed by atoms with E-state index in [9.17, 15) is 0 Å². The molecule has 0 amide bonds. The van der Waals surface area contributed by atoms with Crippen LogP contribution in [-0.2, 0) is 4.74 Å². The fourth-order valence-electron chi connectivity index (χ4n) is 2.69. The average molecular weight is 230 g/mol. The van der Waals surface area contributed by atoms with Crippen LogP contribution in [-0.4, -0.2) is 61.8 Å². The normalized spacial score (nSPS) is 34.8. The van der Waals surface area contributed by atoms with E-state index in [1.807, 2.05) is 18.9 Å². The van der Waals surface area contributed by atoms with Crippen LogP contribution < -0.4 is 5.32 Å². The predicted molar refractivity (Wildman–Crippen MR) is 65.6 cm³/mol. The first-order valence-corrected chi connectivity index (χ1v) is 7.14. The zero-order valence-electron chi connectivity index (χ0n) is 9.74. The van der Waals surface area contributed by atoms with Gasteiger partial charge in [-0.25, -0.2) is 0 Å². The number of ether oxygens (including phenoxy) is 1. The number of nitrogens with one attached hydrogen (secondary N) is 1. The second-order valence-electron chi connectivity index (χ2n) is 4.47. The van der Waals surface area contributed by atoms with Gasteiger partial charge in [-0.3, -0.25) is 4.90 Å². The predicted octanol–water partition coefficient (Wildman–Crippen LogP) is 0.801. The molecule has 2 fully saturated rings. The first-order valence-electron chi connectivity index (χ1n) is 5.85. The summed E-state index contributed by atoms with van der Waals surface area (Å²) < 4.78 is 5.41. The van der Waals surface area contributed by atoms with Crippen LogP contribution in [0.2, 0.25) is 0 Å². The number of rotatable bonds is 3. The minimum atomic E-state index is 0.503. The van der Waals surface area contributed by atoms with Gasteiger partial charge in [0.1, 0.15) is 0 Å². The Labute approximate surface area is 96.9 Å². The van der Waals surface area contributed by atoms with Gasteiger partial charge >= 0.3 is 0 Å². The molecular formula is C11H22N2OS. The van der Waals surface area contributed by atoms with E-state index in [2.05, 4.69) is 16.5 Å². The molecule has 2 aliphatic heterocycles. The third-order valence-corrected chi connectivity index (χ3v) is 4.80. The molecule has 2 unspecified atom stereocenters. The van der Waals surface area contributed by atoms with Crippen LogP contribution in [0.3, 0.4) is 0 Å². The number of nitrogens with zero attached hydrogens (tertiary/aromatic N) is 1. The fraction of sp³-hybridized carbons (Fsp3) is 1.00. The van der Waals surface area contributed by atoms with Crippen molar-refractivity contribution in [1.82, 2.24) is 10.2 Å². The minimum Gasteiger partial charge on any atom is -0.381 e. The molecule has 15 heavy (non-hydrogen) atoms. The summed E-state index contributed by atoms with van der Waals surface area (Å²) in [5.41, 5.74) is 0. The van der Waals surface area contributed by atoms with Crippen molar-refractivity contribution in [2.45, 2.75) is 30.2 Å². The summed E-state index contributed by atoms with van der Waals surface area (Å²) in [6.45, 7) is 4.77. The number of hydrogen-bond acceptors (Lipinski definition) is 4. The van der Waals surface area contributed by atoms with Gasteiger partial charge in [-0.15, -0.1) is 0 Å². The Kier molecular flexibility index (Phi) is 4.31. The molecule has 0 aromatic heterocycles. The molecule has 2 atom stereocenters. The number of likely N-dealkylation sites (tertiary alicyclic amines) is 1.